The Hall–Kier alpha value is -2.19. The Labute approximate surface area is 210 Å². The molecule has 1 aromatic rings. The minimum atomic E-state index is -0.871. The first kappa shape index (κ1) is 23.0. The SMILES string of the molecule is CC(=O)O[C@@H]1C[C@H]2C(C)(C)C(=O)[C@H]3O[C@H]3[C@]2(C)[C@H]2CC[C@@]3(C)[C@H](c4ccoc4)OC(=O)[C@H]4O[C@]43[C@@]21C. The summed E-state index contributed by atoms with van der Waals surface area (Å²) in [5.74, 6) is -0.615. The van der Waals surface area contributed by atoms with Gasteiger partial charge in [0, 0.05) is 34.1 Å². The van der Waals surface area contributed by atoms with E-state index in [-0.39, 0.29) is 47.2 Å². The van der Waals surface area contributed by atoms with E-state index in [4.69, 9.17) is 23.4 Å². The molecule has 3 aliphatic heterocycles. The maximum absolute atomic E-state index is 13.3. The fourth-order valence-electron chi connectivity index (χ4n) is 10.0. The van der Waals surface area contributed by atoms with Crippen molar-refractivity contribution in [2.24, 2.45) is 33.5 Å². The highest BCUT2D eigenvalue weighted by molar-refractivity contribution is 5.93. The maximum atomic E-state index is 13.3. The quantitative estimate of drug-likeness (QED) is 0.448. The molecule has 8 heteroatoms. The Balaban J connectivity index is 1.42. The average Bonchev–Trinajstić information content (AvgIpc) is 3.71. The van der Waals surface area contributed by atoms with Crippen molar-refractivity contribution in [3.63, 3.8) is 0 Å². The molecule has 3 saturated heterocycles. The number of carbonyl (C=O) groups excluding carboxylic acids is 3. The van der Waals surface area contributed by atoms with Crippen LogP contribution in [-0.4, -0.2) is 47.7 Å². The highest BCUT2D eigenvalue weighted by Gasteiger charge is 2.90. The summed E-state index contributed by atoms with van der Waals surface area (Å²) in [5.41, 5.74) is -2.24. The third-order valence-electron chi connectivity index (χ3n) is 11.6. The molecule has 3 saturated carbocycles. The highest BCUT2D eigenvalue weighted by Crippen LogP contribution is 2.81. The van der Waals surface area contributed by atoms with Gasteiger partial charge in [-0.3, -0.25) is 9.59 Å². The van der Waals surface area contributed by atoms with Crippen LogP contribution in [0, 0.1) is 33.5 Å². The normalized spacial score (nSPS) is 53.6. The molecule has 0 amide bonds. The van der Waals surface area contributed by atoms with Crippen molar-refractivity contribution in [1.29, 1.82) is 0 Å². The number of epoxide rings is 2. The lowest BCUT2D eigenvalue weighted by molar-refractivity contribution is -0.263. The third-order valence-corrected chi connectivity index (χ3v) is 11.6. The fraction of sp³-hybridized carbons (Fsp3) is 0.750. The van der Waals surface area contributed by atoms with Gasteiger partial charge in [-0.1, -0.05) is 34.6 Å². The molecular weight excluding hydrogens is 464 g/mol. The third kappa shape index (κ3) is 2.25. The van der Waals surface area contributed by atoms with Crippen LogP contribution in [0.1, 0.15) is 72.5 Å². The van der Waals surface area contributed by atoms with Crippen LogP contribution in [-0.2, 0) is 33.3 Å². The molecule has 6 aliphatic rings. The number of hydrogen-bond acceptors (Lipinski definition) is 8. The molecule has 0 radical (unpaired) electrons. The van der Waals surface area contributed by atoms with Crippen LogP contribution < -0.4 is 0 Å². The Morgan fingerprint density at radius 3 is 2.50 bits per heavy atom. The molecule has 1 aromatic heterocycles. The zero-order valence-corrected chi connectivity index (χ0v) is 21.7. The molecule has 0 unspecified atom stereocenters. The number of fused-ring (bicyclic) bond motifs is 5. The fourth-order valence-corrected chi connectivity index (χ4v) is 10.0. The van der Waals surface area contributed by atoms with Gasteiger partial charge in [0.1, 0.15) is 23.9 Å². The van der Waals surface area contributed by atoms with Crippen molar-refractivity contribution in [3.05, 3.63) is 24.2 Å². The van der Waals surface area contributed by atoms with Gasteiger partial charge in [0.25, 0.3) is 0 Å². The lowest BCUT2D eigenvalue weighted by Gasteiger charge is -2.69. The van der Waals surface area contributed by atoms with Crippen LogP contribution in [0.5, 0.6) is 0 Å². The van der Waals surface area contributed by atoms with Crippen molar-refractivity contribution >= 4 is 17.7 Å². The van der Waals surface area contributed by atoms with Gasteiger partial charge in [-0.25, -0.2) is 4.79 Å². The monoisotopic (exact) mass is 498 g/mol. The standard InChI is InChI=1S/C28H34O8/c1-13(29)33-17-11-16-24(2,3)19(30)18-21(34-18)26(16,5)15-7-9-25(4)20(14-8-10-32-12-14)35-23(31)22-28(25,36-22)27(15,17)6/h8,10,12,15-18,20-22H,7,9,11H2,1-6H3/t15-,16+,17-,18-,20+,21-,22-,25+,26-,27+,28-/m1/s1. The molecule has 194 valence electrons. The minimum Gasteiger partial charge on any atom is -0.472 e. The van der Waals surface area contributed by atoms with E-state index in [9.17, 15) is 14.4 Å². The smallest absolute Gasteiger partial charge is 0.339 e. The van der Waals surface area contributed by atoms with Crippen LogP contribution >= 0.6 is 0 Å². The predicted octanol–water partition coefficient (Wildman–Crippen LogP) is 3.77. The number of esters is 2. The number of Topliss-reactive ketones (excluding diaryl/α,β-unsaturated/α-hetero) is 1. The van der Waals surface area contributed by atoms with Crippen LogP contribution in [0.25, 0.3) is 0 Å². The van der Waals surface area contributed by atoms with E-state index in [0.29, 0.717) is 6.42 Å². The van der Waals surface area contributed by atoms with Gasteiger partial charge < -0.3 is 23.4 Å². The summed E-state index contributed by atoms with van der Waals surface area (Å²) in [6.07, 6.45) is 3.01. The summed E-state index contributed by atoms with van der Waals surface area (Å²) >= 11 is 0. The number of ketones is 1. The van der Waals surface area contributed by atoms with Crippen molar-refractivity contribution in [2.45, 2.75) is 96.9 Å². The first-order chi connectivity index (χ1) is 16.8. The number of rotatable bonds is 2. The van der Waals surface area contributed by atoms with Crippen molar-refractivity contribution in [2.75, 3.05) is 0 Å². The largest absolute Gasteiger partial charge is 0.472 e. The van der Waals surface area contributed by atoms with E-state index < -0.39 is 40.2 Å². The molecule has 0 bridgehead atoms. The van der Waals surface area contributed by atoms with Gasteiger partial charge in [0.15, 0.2) is 11.9 Å². The van der Waals surface area contributed by atoms with E-state index in [2.05, 4.69) is 20.8 Å². The summed E-state index contributed by atoms with van der Waals surface area (Å²) in [6, 6.07) is 1.84. The zero-order chi connectivity index (χ0) is 25.6. The van der Waals surface area contributed by atoms with E-state index in [1.165, 1.54) is 6.92 Å². The first-order valence-electron chi connectivity index (χ1n) is 13.1. The number of furan rings is 1. The van der Waals surface area contributed by atoms with E-state index in [1.807, 2.05) is 19.9 Å². The van der Waals surface area contributed by atoms with Crippen LogP contribution in [0.4, 0.5) is 0 Å². The summed E-state index contributed by atoms with van der Waals surface area (Å²) < 4.78 is 30.2. The molecule has 1 spiro atoms. The van der Waals surface area contributed by atoms with Crippen molar-refractivity contribution in [1.82, 2.24) is 0 Å². The molecule has 0 N–H and O–H groups in total. The summed E-state index contributed by atoms with van der Waals surface area (Å²) in [6.45, 7) is 12.0. The van der Waals surface area contributed by atoms with E-state index in [1.54, 1.807) is 12.5 Å². The molecule has 3 aliphatic carbocycles. The molecule has 36 heavy (non-hydrogen) atoms. The van der Waals surface area contributed by atoms with Crippen LogP contribution in [0.2, 0.25) is 0 Å². The number of cyclic esters (lactones) is 1. The van der Waals surface area contributed by atoms with Gasteiger partial charge in [0.2, 0.25) is 0 Å². The van der Waals surface area contributed by atoms with Gasteiger partial charge >= 0.3 is 11.9 Å². The van der Waals surface area contributed by atoms with Gasteiger partial charge in [0.05, 0.1) is 18.6 Å². The Morgan fingerprint density at radius 2 is 1.83 bits per heavy atom. The molecule has 8 nitrogen and oxygen atoms in total. The predicted molar refractivity (Wildman–Crippen MR) is 123 cm³/mol. The molecule has 11 atom stereocenters. The molecular formula is C28H34O8. The second kappa shape index (κ2) is 6.44. The molecule has 7 rings (SSSR count). The lowest BCUT2D eigenvalue weighted by Crippen LogP contribution is -2.74. The Kier molecular flexibility index (Phi) is 4.11. The zero-order valence-electron chi connectivity index (χ0n) is 21.7. The summed E-state index contributed by atoms with van der Waals surface area (Å²) in [7, 11) is 0. The average molecular weight is 499 g/mol. The first-order valence-corrected chi connectivity index (χ1v) is 13.1. The molecule has 0 aromatic carbocycles. The van der Waals surface area contributed by atoms with E-state index >= 15 is 0 Å². The number of carbonyl (C=O) groups is 3. The Bertz CT molecular complexity index is 1190. The van der Waals surface area contributed by atoms with Gasteiger partial charge in [-0.2, -0.15) is 0 Å². The van der Waals surface area contributed by atoms with Gasteiger partial charge in [-0.05, 0) is 37.2 Å². The number of ether oxygens (including phenoxy) is 4. The van der Waals surface area contributed by atoms with Crippen LogP contribution in [0.15, 0.2) is 23.0 Å². The lowest BCUT2D eigenvalue weighted by atomic mass is 9.35. The molecule has 4 heterocycles. The van der Waals surface area contributed by atoms with Gasteiger partial charge in [-0.15, -0.1) is 0 Å². The summed E-state index contributed by atoms with van der Waals surface area (Å²) in [5, 5.41) is 0. The second-order valence-electron chi connectivity index (χ2n) is 13.2. The van der Waals surface area contributed by atoms with Crippen molar-refractivity contribution in [3.8, 4) is 0 Å². The Morgan fingerprint density at radius 1 is 1.08 bits per heavy atom. The van der Waals surface area contributed by atoms with E-state index in [0.717, 1.165) is 18.4 Å². The second-order valence-corrected chi connectivity index (χ2v) is 13.2. The van der Waals surface area contributed by atoms with Crippen LogP contribution in [0.3, 0.4) is 0 Å². The number of hydrogen-bond donors (Lipinski definition) is 0. The maximum Gasteiger partial charge on any atom is 0.339 e. The highest BCUT2D eigenvalue weighted by atomic mass is 16.7. The summed E-state index contributed by atoms with van der Waals surface area (Å²) in [4.78, 5) is 39.1. The molecule has 6 fully saturated rings. The topological polar surface area (TPSA) is 108 Å². The van der Waals surface area contributed by atoms with Crippen molar-refractivity contribution < 1.29 is 37.7 Å². The minimum absolute atomic E-state index is 0.0180.